The Hall–Kier alpha value is -1.27. The van der Waals surface area contributed by atoms with Crippen molar-refractivity contribution in [3.05, 3.63) is 30.1 Å². The predicted octanol–water partition coefficient (Wildman–Crippen LogP) is 1.94. The number of hydrogen-bond donors (Lipinski definition) is 2. The van der Waals surface area contributed by atoms with Gasteiger partial charge in [-0.05, 0) is 43.9 Å². The first-order chi connectivity index (χ1) is 9.39. The monoisotopic (exact) mass is 300 g/mol. The van der Waals surface area contributed by atoms with Gasteiger partial charge in [0.05, 0.1) is 28.1 Å². The van der Waals surface area contributed by atoms with Crippen LogP contribution in [0.1, 0.15) is 25.7 Å². The number of aliphatic hydroxyl groups is 1. The highest BCUT2D eigenvalue weighted by molar-refractivity contribution is 7.85. The lowest BCUT2D eigenvalue weighted by Gasteiger charge is -2.34. The number of halogens is 1. The molecule has 1 unspecified atom stereocenters. The van der Waals surface area contributed by atoms with Crippen LogP contribution in [-0.4, -0.2) is 31.7 Å². The molecule has 20 heavy (non-hydrogen) atoms. The van der Waals surface area contributed by atoms with Crippen LogP contribution in [0.15, 0.2) is 29.2 Å². The van der Waals surface area contributed by atoms with Crippen LogP contribution in [0.2, 0.25) is 0 Å². The molecule has 0 radical (unpaired) electrons. The molecule has 1 aromatic carbocycles. The molecule has 0 heterocycles. The third kappa shape index (κ3) is 3.64. The van der Waals surface area contributed by atoms with Gasteiger partial charge in [0.1, 0.15) is 5.82 Å². The SMILES string of the molecule is O=C(O)C1CCC(O)(CS(=O)c2cccc(F)c2)CC1. The van der Waals surface area contributed by atoms with Gasteiger partial charge >= 0.3 is 5.97 Å². The number of carboxylic acids is 1. The summed E-state index contributed by atoms with van der Waals surface area (Å²) < 4.78 is 25.2. The van der Waals surface area contributed by atoms with Crippen LogP contribution in [0.4, 0.5) is 4.39 Å². The van der Waals surface area contributed by atoms with Gasteiger partial charge in [-0.3, -0.25) is 9.00 Å². The molecule has 2 N–H and O–H groups in total. The topological polar surface area (TPSA) is 74.6 Å². The fraction of sp³-hybridized carbons (Fsp3) is 0.500. The first kappa shape index (κ1) is 15.1. The molecule has 0 spiro atoms. The lowest BCUT2D eigenvalue weighted by molar-refractivity contribution is -0.144. The zero-order chi connectivity index (χ0) is 14.8. The second-order valence-corrected chi connectivity index (χ2v) is 6.74. The van der Waals surface area contributed by atoms with E-state index in [0.717, 1.165) is 0 Å². The van der Waals surface area contributed by atoms with Crippen molar-refractivity contribution in [3.8, 4) is 0 Å². The van der Waals surface area contributed by atoms with E-state index in [9.17, 15) is 18.5 Å². The van der Waals surface area contributed by atoms with E-state index in [0.29, 0.717) is 30.6 Å². The van der Waals surface area contributed by atoms with Crippen molar-refractivity contribution in [1.82, 2.24) is 0 Å². The first-order valence-corrected chi connectivity index (χ1v) is 7.81. The Bertz CT molecular complexity index is 524. The summed E-state index contributed by atoms with van der Waals surface area (Å²) in [5.41, 5.74) is -1.12. The molecule has 0 saturated heterocycles. The standard InChI is InChI=1S/C14H17FO4S/c15-11-2-1-3-12(8-11)20(19)9-14(18)6-4-10(5-7-14)13(16)17/h1-3,8,10,18H,4-7,9H2,(H,16,17). The minimum absolute atomic E-state index is 0.0167. The van der Waals surface area contributed by atoms with Crippen molar-refractivity contribution in [1.29, 1.82) is 0 Å². The van der Waals surface area contributed by atoms with E-state index >= 15 is 0 Å². The van der Waals surface area contributed by atoms with Crippen molar-refractivity contribution in [2.75, 3.05) is 5.75 Å². The summed E-state index contributed by atoms with van der Waals surface area (Å²) in [5, 5.41) is 19.3. The third-order valence-corrected chi connectivity index (χ3v) is 5.30. The number of benzene rings is 1. The molecule has 4 nitrogen and oxygen atoms in total. The van der Waals surface area contributed by atoms with E-state index in [1.165, 1.54) is 18.2 Å². The van der Waals surface area contributed by atoms with Crippen LogP contribution in [0.3, 0.4) is 0 Å². The molecule has 0 aliphatic heterocycles. The minimum Gasteiger partial charge on any atom is -0.481 e. The quantitative estimate of drug-likeness (QED) is 0.891. The molecule has 1 aromatic rings. The average molecular weight is 300 g/mol. The molecule has 6 heteroatoms. The number of hydrogen-bond acceptors (Lipinski definition) is 3. The van der Waals surface area contributed by atoms with Crippen molar-refractivity contribution in [3.63, 3.8) is 0 Å². The Balaban J connectivity index is 1.99. The second-order valence-electron chi connectivity index (χ2n) is 5.28. The van der Waals surface area contributed by atoms with Gasteiger partial charge in [-0.25, -0.2) is 4.39 Å². The Morgan fingerprint density at radius 1 is 1.40 bits per heavy atom. The van der Waals surface area contributed by atoms with Crippen molar-refractivity contribution < 1.29 is 23.6 Å². The summed E-state index contributed by atoms with van der Waals surface area (Å²) in [6, 6.07) is 5.51. The van der Waals surface area contributed by atoms with Gasteiger partial charge in [0.25, 0.3) is 0 Å². The van der Waals surface area contributed by atoms with E-state index in [-0.39, 0.29) is 5.75 Å². The number of aliphatic carboxylic acids is 1. The molecular weight excluding hydrogens is 283 g/mol. The van der Waals surface area contributed by atoms with Crippen molar-refractivity contribution >= 4 is 16.8 Å². The minimum atomic E-state index is -1.49. The van der Waals surface area contributed by atoms with Gasteiger partial charge in [0.15, 0.2) is 0 Å². The van der Waals surface area contributed by atoms with Gasteiger partial charge in [0.2, 0.25) is 0 Å². The van der Waals surface area contributed by atoms with Crippen LogP contribution < -0.4 is 0 Å². The van der Waals surface area contributed by atoms with Crippen molar-refractivity contribution in [2.24, 2.45) is 5.92 Å². The Labute approximate surface area is 119 Å². The van der Waals surface area contributed by atoms with Crippen LogP contribution in [0, 0.1) is 11.7 Å². The lowest BCUT2D eigenvalue weighted by Crippen LogP contribution is -2.40. The molecule has 0 bridgehead atoms. The normalized spacial score (nSPS) is 28.0. The van der Waals surface area contributed by atoms with Gasteiger partial charge in [0, 0.05) is 4.90 Å². The summed E-state index contributed by atoms with van der Waals surface area (Å²) in [6.45, 7) is 0. The van der Waals surface area contributed by atoms with Crippen LogP contribution in [0.5, 0.6) is 0 Å². The zero-order valence-corrected chi connectivity index (χ0v) is 11.7. The zero-order valence-electron chi connectivity index (χ0n) is 10.9. The van der Waals surface area contributed by atoms with Crippen molar-refractivity contribution in [2.45, 2.75) is 36.2 Å². The molecule has 0 amide bonds. The Morgan fingerprint density at radius 2 is 2.05 bits per heavy atom. The number of carboxylic acid groups (broad SMARTS) is 1. The van der Waals surface area contributed by atoms with Gasteiger partial charge in [-0.15, -0.1) is 0 Å². The summed E-state index contributed by atoms with van der Waals surface area (Å²) in [5.74, 6) is -1.73. The number of rotatable bonds is 4. The summed E-state index contributed by atoms with van der Waals surface area (Å²) >= 11 is 0. The summed E-state index contributed by atoms with van der Waals surface area (Å²) in [6.07, 6.45) is 1.38. The highest BCUT2D eigenvalue weighted by atomic mass is 32.2. The fourth-order valence-electron chi connectivity index (χ4n) is 2.48. The van der Waals surface area contributed by atoms with E-state index < -0.39 is 34.1 Å². The molecule has 1 aliphatic rings. The molecule has 1 saturated carbocycles. The second kappa shape index (κ2) is 6.01. The summed E-state index contributed by atoms with van der Waals surface area (Å²) in [7, 11) is -1.49. The molecule has 2 rings (SSSR count). The van der Waals surface area contributed by atoms with Gasteiger partial charge in [-0.1, -0.05) is 6.07 Å². The van der Waals surface area contributed by atoms with E-state index in [4.69, 9.17) is 5.11 Å². The molecule has 1 aliphatic carbocycles. The van der Waals surface area contributed by atoms with Crippen LogP contribution in [-0.2, 0) is 15.6 Å². The maximum Gasteiger partial charge on any atom is 0.306 e. The largest absolute Gasteiger partial charge is 0.481 e. The van der Waals surface area contributed by atoms with E-state index in [1.807, 2.05) is 0 Å². The predicted molar refractivity (Wildman–Crippen MR) is 72.2 cm³/mol. The Kier molecular flexibility index (Phi) is 4.55. The highest BCUT2D eigenvalue weighted by Crippen LogP contribution is 2.33. The Morgan fingerprint density at radius 3 is 2.60 bits per heavy atom. The highest BCUT2D eigenvalue weighted by Gasteiger charge is 2.37. The van der Waals surface area contributed by atoms with Crippen LogP contribution >= 0.6 is 0 Å². The molecular formula is C14H17FO4S. The van der Waals surface area contributed by atoms with E-state index in [2.05, 4.69) is 0 Å². The lowest BCUT2D eigenvalue weighted by atomic mass is 9.80. The maximum atomic E-state index is 13.1. The van der Waals surface area contributed by atoms with Gasteiger partial charge in [-0.2, -0.15) is 0 Å². The molecule has 0 aromatic heterocycles. The fourth-order valence-corrected chi connectivity index (χ4v) is 3.90. The van der Waals surface area contributed by atoms with Crippen LogP contribution in [0.25, 0.3) is 0 Å². The molecule has 110 valence electrons. The molecule has 1 fully saturated rings. The first-order valence-electron chi connectivity index (χ1n) is 6.49. The smallest absolute Gasteiger partial charge is 0.306 e. The van der Waals surface area contributed by atoms with Gasteiger partial charge < -0.3 is 10.2 Å². The summed E-state index contributed by atoms with van der Waals surface area (Å²) in [4.78, 5) is 11.2. The maximum absolute atomic E-state index is 13.1. The van der Waals surface area contributed by atoms with E-state index in [1.54, 1.807) is 6.07 Å². The average Bonchev–Trinajstić information content (AvgIpc) is 2.38. The molecule has 1 atom stereocenters. The third-order valence-electron chi connectivity index (χ3n) is 3.72. The number of carbonyl (C=O) groups is 1.